The van der Waals surface area contributed by atoms with Crippen molar-refractivity contribution in [3.05, 3.63) is 30.0 Å². The molecule has 0 aliphatic carbocycles. The number of nitrogens with two attached hydrogens (primary N) is 1. The number of hydrogen-bond acceptors (Lipinski definition) is 3. The van der Waals surface area contributed by atoms with Crippen molar-refractivity contribution >= 4 is 23.0 Å². The van der Waals surface area contributed by atoms with E-state index in [1.165, 1.54) is 0 Å². The van der Waals surface area contributed by atoms with Gasteiger partial charge >= 0.3 is 0 Å². The van der Waals surface area contributed by atoms with Gasteiger partial charge in [-0.05, 0) is 25.1 Å². The minimum absolute atomic E-state index is 0.429. The van der Waals surface area contributed by atoms with Crippen LogP contribution in [0, 0.1) is 0 Å². The first kappa shape index (κ1) is 11.2. The lowest BCUT2D eigenvalue weighted by Crippen LogP contribution is -2.03. The fraction of sp³-hybridized carbons (Fsp3) is 0.167. The molecular weight excluding hydrogens is 216 g/mol. The molecule has 1 aromatic carbocycles. The molecule has 0 atom stereocenters. The van der Waals surface area contributed by atoms with Gasteiger partial charge in [0.05, 0.1) is 13.3 Å². The van der Waals surface area contributed by atoms with Gasteiger partial charge in [0.1, 0.15) is 11.6 Å². The van der Waals surface area contributed by atoms with Crippen LogP contribution in [0.2, 0.25) is 0 Å². The van der Waals surface area contributed by atoms with Gasteiger partial charge in [-0.1, -0.05) is 0 Å². The van der Waals surface area contributed by atoms with Crippen molar-refractivity contribution in [2.75, 3.05) is 7.11 Å². The minimum Gasteiger partial charge on any atom is -0.497 e. The number of benzene rings is 1. The number of amidine groups is 1. The number of H-pyrrole nitrogens is 1. The molecule has 5 nitrogen and oxygen atoms in total. The Morgan fingerprint density at radius 1 is 1.47 bits per heavy atom. The van der Waals surface area contributed by atoms with Gasteiger partial charge in [-0.15, -0.1) is 5.10 Å². The highest BCUT2D eigenvalue weighted by atomic mass is 16.5. The van der Waals surface area contributed by atoms with E-state index in [0.29, 0.717) is 5.84 Å². The number of aromatic amines is 1. The zero-order valence-electron chi connectivity index (χ0n) is 9.77. The molecule has 2 aromatic rings. The van der Waals surface area contributed by atoms with Crippen LogP contribution in [0.5, 0.6) is 5.75 Å². The standard InChI is InChI=1S/C12H14N4O/c1-8(13)16-15-7-9-6-14-12-4-3-10(17-2)5-11(9)12/h3-7,14H,1-2H3,(H2,13,16)/b15-7-. The number of nitrogens with zero attached hydrogens (tertiary/aromatic N) is 2. The van der Waals surface area contributed by atoms with Crippen LogP contribution in [0.25, 0.3) is 10.9 Å². The van der Waals surface area contributed by atoms with Crippen molar-refractivity contribution in [2.45, 2.75) is 6.92 Å². The summed E-state index contributed by atoms with van der Waals surface area (Å²) in [6, 6.07) is 5.82. The van der Waals surface area contributed by atoms with E-state index >= 15 is 0 Å². The third-order valence-electron chi connectivity index (χ3n) is 2.33. The normalized spacial score (nSPS) is 12.5. The lowest BCUT2D eigenvalue weighted by molar-refractivity contribution is 0.415. The van der Waals surface area contributed by atoms with E-state index in [1.807, 2.05) is 24.4 Å². The smallest absolute Gasteiger partial charge is 0.119 e. The van der Waals surface area contributed by atoms with Gasteiger partial charge in [0.2, 0.25) is 0 Å². The van der Waals surface area contributed by atoms with Gasteiger partial charge in [0.25, 0.3) is 0 Å². The Bertz CT molecular complexity index is 579. The van der Waals surface area contributed by atoms with Crippen LogP contribution in [0.1, 0.15) is 12.5 Å². The van der Waals surface area contributed by atoms with E-state index in [1.54, 1.807) is 20.2 Å². The number of aromatic nitrogens is 1. The molecule has 17 heavy (non-hydrogen) atoms. The Morgan fingerprint density at radius 3 is 3.00 bits per heavy atom. The first-order valence-electron chi connectivity index (χ1n) is 5.19. The highest BCUT2D eigenvalue weighted by Gasteiger charge is 2.02. The van der Waals surface area contributed by atoms with E-state index in [0.717, 1.165) is 22.2 Å². The van der Waals surface area contributed by atoms with Crippen LogP contribution in [0.3, 0.4) is 0 Å². The second kappa shape index (κ2) is 4.69. The average molecular weight is 230 g/mol. The van der Waals surface area contributed by atoms with Crippen LogP contribution in [0.15, 0.2) is 34.6 Å². The van der Waals surface area contributed by atoms with Gasteiger partial charge in [0.15, 0.2) is 0 Å². The summed E-state index contributed by atoms with van der Waals surface area (Å²) >= 11 is 0. The Hall–Kier alpha value is -2.30. The molecule has 0 saturated heterocycles. The molecule has 0 bridgehead atoms. The summed E-state index contributed by atoms with van der Waals surface area (Å²) in [5.74, 6) is 1.24. The Labute approximate surface area is 99.0 Å². The van der Waals surface area contributed by atoms with E-state index < -0.39 is 0 Å². The Morgan fingerprint density at radius 2 is 2.29 bits per heavy atom. The largest absolute Gasteiger partial charge is 0.497 e. The fourth-order valence-corrected chi connectivity index (χ4v) is 1.54. The van der Waals surface area contributed by atoms with Crippen LogP contribution in [-0.2, 0) is 0 Å². The van der Waals surface area contributed by atoms with Gasteiger partial charge < -0.3 is 15.5 Å². The molecule has 3 N–H and O–H groups in total. The zero-order valence-corrected chi connectivity index (χ0v) is 9.77. The molecule has 0 fully saturated rings. The van der Waals surface area contributed by atoms with Crippen molar-refractivity contribution < 1.29 is 4.74 Å². The second-order valence-electron chi connectivity index (χ2n) is 3.64. The molecule has 0 amide bonds. The molecule has 2 rings (SSSR count). The molecule has 0 radical (unpaired) electrons. The molecule has 0 saturated carbocycles. The highest BCUT2D eigenvalue weighted by Crippen LogP contribution is 2.22. The van der Waals surface area contributed by atoms with Crippen molar-refractivity contribution in [2.24, 2.45) is 15.9 Å². The molecular formula is C12H14N4O. The SMILES string of the molecule is COc1ccc2[nH]cc(/C=N\N=C(C)N)c2c1. The van der Waals surface area contributed by atoms with Crippen molar-refractivity contribution in [1.82, 2.24) is 4.98 Å². The van der Waals surface area contributed by atoms with Crippen LogP contribution in [0.4, 0.5) is 0 Å². The Kier molecular flexibility index (Phi) is 3.09. The number of ether oxygens (including phenoxy) is 1. The number of nitrogens with one attached hydrogen (secondary N) is 1. The first-order chi connectivity index (χ1) is 8.20. The summed E-state index contributed by atoms with van der Waals surface area (Å²) in [6.45, 7) is 1.69. The van der Waals surface area contributed by atoms with Crippen molar-refractivity contribution in [1.29, 1.82) is 0 Å². The molecule has 0 spiro atoms. The molecule has 0 aliphatic heterocycles. The summed E-state index contributed by atoms with van der Waals surface area (Å²) in [5, 5.41) is 8.70. The first-order valence-corrected chi connectivity index (χ1v) is 5.19. The van der Waals surface area contributed by atoms with E-state index in [9.17, 15) is 0 Å². The third kappa shape index (κ3) is 2.44. The lowest BCUT2D eigenvalue weighted by Gasteiger charge is -1.98. The predicted molar refractivity (Wildman–Crippen MR) is 69.7 cm³/mol. The monoisotopic (exact) mass is 230 g/mol. The van der Waals surface area contributed by atoms with Gasteiger partial charge in [-0.3, -0.25) is 0 Å². The van der Waals surface area contributed by atoms with Crippen molar-refractivity contribution in [3.63, 3.8) is 0 Å². The molecule has 0 unspecified atom stereocenters. The molecule has 1 aromatic heterocycles. The molecule has 5 heteroatoms. The van der Waals surface area contributed by atoms with Crippen LogP contribution >= 0.6 is 0 Å². The van der Waals surface area contributed by atoms with Crippen molar-refractivity contribution in [3.8, 4) is 5.75 Å². The summed E-state index contributed by atoms with van der Waals surface area (Å²) in [7, 11) is 1.64. The zero-order chi connectivity index (χ0) is 12.3. The minimum atomic E-state index is 0.429. The van der Waals surface area contributed by atoms with E-state index in [4.69, 9.17) is 10.5 Å². The number of methoxy groups -OCH3 is 1. The van der Waals surface area contributed by atoms with Crippen LogP contribution < -0.4 is 10.5 Å². The average Bonchev–Trinajstić information content (AvgIpc) is 2.71. The fourth-order valence-electron chi connectivity index (χ4n) is 1.54. The highest BCUT2D eigenvalue weighted by molar-refractivity contribution is 5.99. The van der Waals surface area contributed by atoms with E-state index in [2.05, 4.69) is 15.2 Å². The summed E-state index contributed by atoms with van der Waals surface area (Å²) in [5.41, 5.74) is 7.38. The Balaban J connectivity index is 2.40. The predicted octanol–water partition coefficient (Wildman–Crippen LogP) is 1.89. The maximum absolute atomic E-state index is 5.40. The van der Waals surface area contributed by atoms with Crippen LogP contribution in [-0.4, -0.2) is 24.1 Å². The second-order valence-corrected chi connectivity index (χ2v) is 3.64. The maximum Gasteiger partial charge on any atom is 0.119 e. The van der Waals surface area contributed by atoms with Gasteiger partial charge in [0, 0.05) is 22.7 Å². The quantitative estimate of drug-likeness (QED) is 0.480. The number of fused-ring (bicyclic) bond motifs is 1. The number of rotatable bonds is 3. The maximum atomic E-state index is 5.40. The van der Waals surface area contributed by atoms with Gasteiger partial charge in [-0.2, -0.15) is 5.10 Å². The van der Waals surface area contributed by atoms with Gasteiger partial charge in [-0.25, -0.2) is 0 Å². The summed E-state index contributed by atoms with van der Waals surface area (Å²) in [6.07, 6.45) is 3.53. The molecule has 1 heterocycles. The topological polar surface area (TPSA) is 75.8 Å². The summed E-state index contributed by atoms with van der Waals surface area (Å²) in [4.78, 5) is 3.15. The molecule has 0 aliphatic rings. The van der Waals surface area contributed by atoms with E-state index in [-0.39, 0.29) is 0 Å². The summed E-state index contributed by atoms with van der Waals surface area (Å²) < 4.78 is 5.18. The lowest BCUT2D eigenvalue weighted by atomic mass is 10.2. The third-order valence-corrected chi connectivity index (χ3v) is 2.33. The number of hydrogen-bond donors (Lipinski definition) is 2. The molecule has 88 valence electrons.